The van der Waals surface area contributed by atoms with E-state index < -0.39 is 26.0 Å². The summed E-state index contributed by atoms with van der Waals surface area (Å²) < 4.78 is 65.5. The van der Waals surface area contributed by atoms with Crippen molar-refractivity contribution in [3.05, 3.63) is 76.7 Å². The number of hydrogen-bond acceptors (Lipinski definition) is 8. The minimum Gasteiger partial charge on any atom is -0.465 e. The van der Waals surface area contributed by atoms with Crippen LogP contribution >= 0.6 is 11.3 Å². The molecular formula is C21H19NO7S3. The standard InChI is InChI=1S/C21H19NO7S3/c1-28-21(23)19-17-14-29-13-12-18(17)30-20(19)22(31(24,25)15-8-4-2-5-9-15)32(26,27)16-10-6-3-7-11-16/h2-11H,12-14H2,1H3. The lowest BCUT2D eigenvalue weighted by Crippen LogP contribution is -2.37. The second-order valence-corrected chi connectivity index (χ2v) is 11.7. The van der Waals surface area contributed by atoms with Gasteiger partial charge < -0.3 is 9.47 Å². The molecule has 0 bridgehead atoms. The second kappa shape index (κ2) is 8.66. The highest BCUT2D eigenvalue weighted by atomic mass is 32.3. The fraction of sp³-hybridized carbons (Fsp3) is 0.190. The van der Waals surface area contributed by atoms with Crippen LogP contribution in [0.15, 0.2) is 70.5 Å². The summed E-state index contributed by atoms with van der Waals surface area (Å²) in [5.74, 6) is -0.834. The fourth-order valence-electron chi connectivity index (χ4n) is 3.36. The van der Waals surface area contributed by atoms with Crippen molar-refractivity contribution in [3.8, 4) is 0 Å². The minimum atomic E-state index is -4.62. The smallest absolute Gasteiger partial charge is 0.341 e. The van der Waals surface area contributed by atoms with Crippen molar-refractivity contribution in [2.45, 2.75) is 22.8 Å². The van der Waals surface area contributed by atoms with Gasteiger partial charge in [-0.05, 0) is 24.3 Å². The maximum Gasteiger partial charge on any atom is 0.341 e. The monoisotopic (exact) mass is 493 g/mol. The van der Waals surface area contributed by atoms with Crippen molar-refractivity contribution in [3.63, 3.8) is 0 Å². The van der Waals surface area contributed by atoms with Gasteiger partial charge in [-0.25, -0.2) is 4.79 Å². The summed E-state index contributed by atoms with van der Waals surface area (Å²) in [6.07, 6.45) is 0.425. The van der Waals surface area contributed by atoms with Crippen molar-refractivity contribution >= 4 is 42.4 Å². The quantitative estimate of drug-likeness (QED) is 0.485. The van der Waals surface area contributed by atoms with Crippen molar-refractivity contribution in [1.29, 1.82) is 0 Å². The van der Waals surface area contributed by atoms with Crippen molar-refractivity contribution in [1.82, 2.24) is 0 Å². The van der Waals surface area contributed by atoms with Gasteiger partial charge >= 0.3 is 5.97 Å². The van der Waals surface area contributed by atoms with Gasteiger partial charge in [-0.15, -0.1) is 15.0 Å². The molecule has 0 saturated heterocycles. The van der Waals surface area contributed by atoms with Crippen LogP contribution in [0, 0.1) is 0 Å². The zero-order chi connectivity index (χ0) is 22.9. The number of methoxy groups -OCH3 is 1. The van der Waals surface area contributed by atoms with Gasteiger partial charge in [-0.2, -0.15) is 16.8 Å². The predicted octanol–water partition coefficient (Wildman–Crippen LogP) is 3.19. The normalized spacial score (nSPS) is 13.9. The van der Waals surface area contributed by atoms with Crippen molar-refractivity contribution in [2.24, 2.45) is 0 Å². The molecule has 8 nitrogen and oxygen atoms in total. The van der Waals surface area contributed by atoms with Crippen molar-refractivity contribution < 1.29 is 31.1 Å². The summed E-state index contributed by atoms with van der Waals surface area (Å²) >= 11 is 0.944. The largest absolute Gasteiger partial charge is 0.465 e. The van der Waals surface area contributed by atoms with E-state index in [1.807, 2.05) is 0 Å². The highest BCUT2D eigenvalue weighted by molar-refractivity contribution is 8.10. The van der Waals surface area contributed by atoms with E-state index in [0.717, 1.165) is 18.4 Å². The molecule has 1 aromatic heterocycles. The van der Waals surface area contributed by atoms with Crippen molar-refractivity contribution in [2.75, 3.05) is 17.4 Å². The van der Waals surface area contributed by atoms with Gasteiger partial charge in [0.05, 0.1) is 30.1 Å². The number of anilines is 1. The van der Waals surface area contributed by atoms with Crippen LogP contribution in [0.25, 0.3) is 0 Å². The van der Waals surface area contributed by atoms with Crippen LogP contribution in [-0.4, -0.2) is 36.5 Å². The molecule has 168 valence electrons. The van der Waals surface area contributed by atoms with Gasteiger partial charge in [0, 0.05) is 16.9 Å². The Bertz CT molecular complexity index is 1280. The Hall–Kier alpha value is -2.73. The first kappa shape index (κ1) is 22.5. The van der Waals surface area contributed by atoms with Crippen LogP contribution < -0.4 is 3.71 Å². The molecule has 1 aliphatic heterocycles. The number of benzene rings is 2. The number of sulfonamides is 2. The number of ether oxygens (including phenoxy) is 2. The third kappa shape index (κ3) is 3.81. The van der Waals surface area contributed by atoms with E-state index in [1.165, 1.54) is 48.5 Å². The molecule has 0 N–H and O–H groups in total. The Kier molecular flexibility index (Phi) is 6.08. The summed E-state index contributed by atoms with van der Waals surface area (Å²) in [5, 5.41) is -0.236. The number of carbonyl (C=O) groups excluding carboxylic acids is 1. The summed E-state index contributed by atoms with van der Waals surface area (Å²) in [6, 6.07) is 14.4. The average molecular weight is 494 g/mol. The van der Waals surface area contributed by atoms with E-state index in [0.29, 0.717) is 27.2 Å². The van der Waals surface area contributed by atoms with E-state index in [-0.39, 0.29) is 27.0 Å². The first-order valence-corrected chi connectivity index (χ1v) is 13.2. The summed E-state index contributed by atoms with van der Waals surface area (Å²) in [5.41, 5.74) is 0.325. The molecule has 0 atom stereocenters. The molecule has 0 spiro atoms. The Morgan fingerprint density at radius 3 is 1.97 bits per heavy atom. The molecule has 0 unspecified atom stereocenters. The fourth-order valence-corrected chi connectivity index (χ4v) is 8.81. The number of nitrogens with zero attached hydrogens (tertiary/aromatic N) is 1. The summed E-state index contributed by atoms with van der Waals surface area (Å²) in [4.78, 5) is 12.9. The lowest BCUT2D eigenvalue weighted by atomic mass is 10.1. The summed E-state index contributed by atoms with van der Waals surface area (Å²) in [7, 11) is -8.08. The average Bonchev–Trinajstić information content (AvgIpc) is 3.18. The molecule has 32 heavy (non-hydrogen) atoms. The molecule has 0 saturated carbocycles. The number of fused-ring (bicyclic) bond motifs is 1. The number of thiophene rings is 1. The van der Waals surface area contributed by atoms with Gasteiger partial charge in [0.25, 0.3) is 20.0 Å². The lowest BCUT2D eigenvalue weighted by molar-refractivity contribution is 0.0591. The molecule has 2 aromatic carbocycles. The molecule has 0 aliphatic carbocycles. The Morgan fingerprint density at radius 2 is 1.47 bits per heavy atom. The molecule has 2 heterocycles. The third-order valence-electron chi connectivity index (χ3n) is 4.87. The maximum atomic E-state index is 13.7. The zero-order valence-electron chi connectivity index (χ0n) is 16.9. The third-order valence-corrected chi connectivity index (χ3v) is 10.5. The highest BCUT2D eigenvalue weighted by Gasteiger charge is 2.42. The van der Waals surface area contributed by atoms with Gasteiger partial charge in [-0.3, -0.25) is 0 Å². The van der Waals surface area contributed by atoms with Gasteiger partial charge in [0.1, 0.15) is 10.6 Å². The lowest BCUT2D eigenvalue weighted by Gasteiger charge is -2.23. The maximum absolute atomic E-state index is 13.7. The molecule has 3 aromatic rings. The molecule has 11 heteroatoms. The Morgan fingerprint density at radius 1 is 0.938 bits per heavy atom. The van der Waals surface area contributed by atoms with Crippen LogP contribution in [0.4, 0.5) is 5.00 Å². The molecule has 0 fully saturated rings. The zero-order valence-corrected chi connectivity index (χ0v) is 19.4. The number of rotatable bonds is 6. The van der Waals surface area contributed by atoms with E-state index >= 15 is 0 Å². The van der Waals surface area contributed by atoms with E-state index in [2.05, 4.69) is 0 Å². The number of carbonyl (C=O) groups is 1. The molecule has 4 rings (SSSR count). The van der Waals surface area contributed by atoms with Gasteiger partial charge in [-0.1, -0.05) is 36.4 Å². The van der Waals surface area contributed by atoms with E-state index in [9.17, 15) is 21.6 Å². The molecule has 1 aliphatic rings. The molecular weight excluding hydrogens is 474 g/mol. The molecule has 0 amide bonds. The SMILES string of the molecule is COC(=O)c1c(N(S(=O)(=O)c2ccccc2)S(=O)(=O)c2ccccc2)sc2c1COCC2. The van der Waals surface area contributed by atoms with Gasteiger partial charge in [0.2, 0.25) is 0 Å². The summed E-state index contributed by atoms with van der Waals surface area (Å²) in [6.45, 7) is 0.436. The number of hydrogen-bond donors (Lipinski definition) is 0. The van der Waals surface area contributed by atoms with Crippen LogP contribution in [0.1, 0.15) is 20.8 Å². The molecule has 0 radical (unpaired) electrons. The second-order valence-electron chi connectivity index (χ2n) is 6.81. The van der Waals surface area contributed by atoms with Crippen LogP contribution in [-0.2, 0) is 42.5 Å². The van der Waals surface area contributed by atoms with Crippen LogP contribution in [0.3, 0.4) is 0 Å². The van der Waals surface area contributed by atoms with Crippen LogP contribution in [0.2, 0.25) is 0 Å². The Balaban J connectivity index is 2.05. The van der Waals surface area contributed by atoms with Crippen LogP contribution in [0.5, 0.6) is 0 Å². The van der Waals surface area contributed by atoms with E-state index in [1.54, 1.807) is 12.1 Å². The number of esters is 1. The van der Waals surface area contributed by atoms with Gasteiger partial charge in [0.15, 0.2) is 0 Å². The highest BCUT2D eigenvalue weighted by Crippen LogP contribution is 2.43. The first-order chi connectivity index (χ1) is 15.3. The van der Waals surface area contributed by atoms with E-state index in [4.69, 9.17) is 9.47 Å². The predicted molar refractivity (Wildman–Crippen MR) is 119 cm³/mol. The Labute approximate surface area is 190 Å². The minimum absolute atomic E-state index is 0.0564. The first-order valence-electron chi connectivity index (χ1n) is 9.49. The topological polar surface area (TPSA) is 107 Å².